The molecule has 0 unspecified atom stereocenters. The third-order valence-electron chi connectivity index (χ3n) is 2.79. The summed E-state index contributed by atoms with van der Waals surface area (Å²) in [7, 11) is 3.52. The average Bonchev–Trinajstić information content (AvgIpc) is 2.26. The Morgan fingerprint density at radius 2 is 1.83 bits per heavy atom. The van der Waals surface area contributed by atoms with Gasteiger partial charge < -0.3 is 5.32 Å². The van der Waals surface area contributed by atoms with Crippen molar-refractivity contribution in [2.24, 2.45) is 10.2 Å². The Hall–Kier alpha value is -1.17. The van der Waals surface area contributed by atoms with E-state index in [1.165, 1.54) is 19.3 Å². The number of carbonyl (C=O) groups excluding carboxylic acids is 1. The lowest BCUT2D eigenvalue weighted by molar-refractivity contribution is 0.201. The van der Waals surface area contributed by atoms with Crippen LogP contribution in [-0.4, -0.2) is 36.8 Å². The van der Waals surface area contributed by atoms with E-state index in [-0.39, 0.29) is 6.03 Å². The molecule has 1 aliphatic rings. The van der Waals surface area contributed by atoms with Gasteiger partial charge in [-0.05, 0) is 26.7 Å². The fourth-order valence-corrected chi connectivity index (χ4v) is 1.96. The summed E-state index contributed by atoms with van der Waals surface area (Å²) in [6.45, 7) is 3.68. The fraction of sp³-hybridized carbons (Fsp3) is 0.917. The number of hydrogen-bond acceptors (Lipinski definition) is 4. The van der Waals surface area contributed by atoms with Gasteiger partial charge in [-0.2, -0.15) is 10.2 Å². The van der Waals surface area contributed by atoms with Crippen LogP contribution in [0.25, 0.3) is 0 Å². The van der Waals surface area contributed by atoms with E-state index in [9.17, 15) is 4.79 Å². The average molecular weight is 255 g/mol. The van der Waals surface area contributed by atoms with Crippen LogP contribution in [0.2, 0.25) is 0 Å². The van der Waals surface area contributed by atoms with Gasteiger partial charge in [-0.25, -0.2) is 9.80 Å². The second-order valence-electron chi connectivity index (χ2n) is 5.53. The van der Waals surface area contributed by atoms with Gasteiger partial charge in [0.05, 0.1) is 6.04 Å². The summed E-state index contributed by atoms with van der Waals surface area (Å²) in [4.78, 5) is 11.6. The van der Waals surface area contributed by atoms with Gasteiger partial charge in [-0.3, -0.25) is 5.43 Å². The number of amides is 2. The van der Waals surface area contributed by atoms with Crippen LogP contribution in [0.3, 0.4) is 0 Å². The highest BCUT2D eigenvalue weighted by Crippen LogP contribution is 2.21. The molecule has 2 amide bonds. The molecule has 0 aromatic heterocycles. The maximum Gasteiger partial charge on any atom is 0.331 e. The minimum Gasteiger partial charge on any atom is -0.311 e. The molecule has 1 aliphatic carbocycles. The number of urea groups is 1. The molecular weight excluding hydrogens is 230 g/mol. The lowest BCUT2D eigenvalue weighted by atomic mass is 9.96. The Bertz CT molecular complexity index is 295. The highest BCUT2D eigenvalue weighted by molar-refractivity contribution is 5.74. The summed E-state index contributed by atoms with van der Waals surface area (Å²) < 4.78 is 0. The second kappa shape index (κ2) is 6.68. The SMILES string of the molecule is CN(C)NC(=O)NC(C)(C)N=NC1CCCCC1. The molecule has 6 heteroatoms. The van der Waals surface area contributed by atoms with Gasteiger partial charge in [0, 0.05) is 14.1 Å². The first kappa shape index (κ1) is 14.9. The first-order chi connectivity index (χ1) is 8.39. The Kier molecular flexibility index (Phi) is 5.53. The molecule has 1 fully saturated rings. The number of nitrogens with one attached hydrogen (secondary N) is 2. The van der Waals surface area contributed by atoms with Crippen LogP contribution in [0.15, 0.2) is 10.2 Å². The van der Waals surface area contributed by atoms with E-state index in [1.807, 2.05) is 13.8 Å². The van der Waals surface area contributed by atoms with Crippen molar-refractivity contribution in [3.8, 4) is 0 Å². The van der Waals surface area contributed by atoms with Crippen molar-refractivity contribution in [3.63, 3.8) is 0 Å². The van der Waals surface area contributed by atoms with E-state index < -0.39 is 5.66 Å². The Balaban J connectivity index is 2.42. The third kappa shape index (κ3) is 5.95. The van der Waals surface area contributed by atoms with Gasteiger partial charge in [0.1, 0.15) is 5.66 Å². The maximum absolute atomic E-state index is 11.6. The van der Waals surface area contributed by atoms with Gasteiger partial charge in [-0.15, -0.1) is 0 Å². The monoisotopic (exact) mass is 255 g/mol. The van der Waals surface area contributed by atoms with Crippen LogP contribution in [0, 0.1) is 0 Å². The molecule has 0 atom stereocenters. The number of nitrogens with zero attached hydrogens (tertiary/aromatic N) is 3. The first-order valence-electron chi connectivity index (χ1n) is 6.57. The number of carbonyl (C=O) groups is 1. The molecule has 0 spiro atoms. The van der Waals surface area contributed by atoms with Gasteiger partial charge in [0.25, 0.3) is 0 Å². The fourth-order valence-electron chi connectivity index (χ4n) is 1.96. The zero-order chi connectivity index (χ0) is 13.6. The molecule has 1 rings (SSSR count). The van der Waals surface area contributed by atoms with E-state index in [0.29, 0.717) is 6.04 Å². The topological polar surface area (TPSA) is 69.1 Å². The summed E-state index contributed by atoms with van der Waals surface area (Å²) in [6.07, 6.45) is 6.00. The second-order valence-corrected chi connectivity index (χ2v) is 5.53. The Morgan fingerprint density at radius 1 is 1.22 bits per heavy atom. The van der Waals surface area contributed by atoms with E-state index in [2.05, 4.69) is 21.0 Å². The van der Waals surface area contributed by atoms with E-state index in [1.54, 1.807) is 19.1 Å². The summed E-state index contributed by atoms with van der Waals surface area (Å²) >= 11 is 0. The standard InChI is InChI=1S/C12H25N5O/c1-12(2,13-11(18)15-17(3)4)16-14-10-8-6-5-7-9-10/h10H,5-9H2,1-4H3,(H2,13,15,18). The highest BCUT2D eigenvalue weighted by Gasteiger charge is 2.21. The molecule has 0 saturated heterocycles. The van der Waals surface area contributed by atoms with Crippen molar-refractivity contribution in [2.45, 2.75) is 57.7 Å². The van der Waals surface area contributed by atoms with Crippen molar-refractivity contribution in [1.82, 2.24) is 15.8 Å². The summed E-state index contributed by atoms with van der Waals surface area (Å²) in [5.41, 5.74) is 1.95. The zero-order valence-electron chi connectivity index (χ0n) is 11.9. The van der Waals surface area contributed by atoms with E-state index in [4.69, 9.17) is 0 Å². The summed E-state index contributed by atoms with van der Waals surface area (Å²) in [6, 6.07) is 0.0596. The molecule has 0 radical (unpaired) electrons. The molecule has 18 heavy (non-hydrogen) atoms. The molecule has 2 N–H and O–H groups in total. The van der Waals surface area contributed by atoms with E-state index in [0.717, 1.165) is 12.8 Å². The van der Waals surface area contributed by atoms with Crippen LogP contribution < -0.4 is 10.7 Å². The van der Waals surface area contributed by atoms with Gasteiger partial charge in [-0.1, -0.05) is 19.3 Å². The zero-order valence-corrected chi connectivity index (χ0v) is 11.9. The molecule has 0 aliphatic heterocycles. The molecule has 6 nitrogen and oxygen atoms in total. The van der Waals surface area contributed by atoms with Crippen LogP contribution in [0.1, 0.15) is 46.0 Å². The molecule has 0 aromatic carbocycles. The van der Waals surface area contributed by atoms with Crippen molar-refractivity contribution < 1.29 is 4.79 Å². The van der Waals surface area contributed by atoms with Crippen molar-refractivity contribution >= 4 is 6.03 Å². The number of rotatable bonds is 4. The summed E-state index contributed by atoms with van der Waals surface area (Å²) in [5.74, 6) is 0. The largest absolute Gasteiger partial charge is 0.331 e. The van der Waals surface area contributed by atoms with Crippen molar-refractivity contribution in [1.29, 1.82) is 0 Å². The van der Waals surface area contributed by atoms with Gasteiger partial charge >= 0.3 is 6.03 Å². The molecule has 0 bridgehead atoms. The number of hydrogen-bond donors (Lipinski definition) is 2. The van der Waals surface area contributed by atoms with Crippen molar-refractivity contribution in [2.75, 3.05) is 14.1 Å². The van der Waals surface area contributed by atoms with Gasteiger partial charge in [0.15, 0.2) is 0 Å². The van der Waals surface area contributed by atoms with E-state index >= 15 is 0 Å². The summed E-state index contributed by atoms with van der Waals surface area (Å²) in [5, 5.41) is 13.0. The lowest BCUT2D eigenvalue weighted by Crippen LogP contribution is -2.50. The molecule has 0 aromatic rings. The van der Waals surface area contributed by atoms with Crippen molar-refractivity contribution in [3.05, 3.63) is 0 Å². The quantitative estimate of drug-likeness (QED) is 0.597. The van der Waals surface area contributed by atoms with Crippen LogP contribution in [0.5, 0.6) is 0 Å². The predicted molar refractivity (Wildman–Crippen MR) is 71.2 cm³/mol. The number of azo groups is 1. The third-order valence-corrected chi connectivity index (χ3v) is 2.79. The molecule has 0 heterocycles. The Morgan fingerprint density at radius 3 is 2.39 bits per heavy atom. The minimum atomic E-state index is -0.669. The van der Waals surface area contributed by atoms with Crippen LogP contribution >= 0.6 is 0 Å². The van der Waals surface area contributed by atoms with Crippen LogP contribution in [0.4, 0.5) is 4.79 Å². The number of hydrazine groups is 1. The minimum absolute atomic E-state index is 0.271. The molecule has 1 saturated carbocycles. The molecular formula is C12H25N5O. The normalized spacial score (nSPS) is 18.3. The highest BCUT2D eigenvalue weighted by atomic mass is 16.2. The van der Waals surface area contributed by atoms with Crippen LogP contribution in [-0.2, 0) is 0 Å². The smallest absolute Gasteiger partial charge is 0.311 e. The first-order valence-corrected chi connectivity index (χ1v) is 6.57. The Labute approximate surface area is 109 Å². The molecule has 104 valence electrons. The maximum atomic E-state index is 11.6. The lowest BCUT2D eigenvalue weighted by Gasteiger charge is -2.24. The predicted octanol–water partition coefficient (Wildman–Crippen LogP) is 2.28. The van der Waals surface area contributed by atoms with Gasteiger partial charge in [0.2, 0.25) is 0 Å².